The molecular weight excluding hydrogens is 588 g/mol. The summed E-state index contributed by atoms with van der Waals surface area (Å²) in [5.41, 5.74) is 6.63. The Morgan fingerprint density at radius 1 is 0.682 bits per heavy atom. The molecule has 0 bridgehead atoms. The highest BCUT2D eigenvalue weighted by molar-refractivity contribution is 5.96. The summed E-state index contributed by atoms with van der Waals surface area (Å²) < 4.78 is 0. The fraction of sp³-hybridized carbons (Fsp3) is 0.500. The van der Waals surface area contributed by atoms with Gasteiger partial charge in [-0.25, -0.2) is 14.8 Å². The molecule has 5 amide bonds. The number of aliphatic carboxylic acids is 1. The van der Waals surface area contributed by atoms with E-state index >= 15 is 0 Å². The molecule has 6 atom stereocenters. The van der Waals surface area contributed by atoms with Gasteiger partial charge < -0.3 is 62.7 Å². The molecule has 0 radical (unpaired) electrons. The number of nitrogens with one attached hydrogen (secondary N) is 7. The Labute approximate surface area is 249 Å². The lowest BCUT2D eigenvalue weighted by molar-refractivity contribution is -0.143. The van der Waals surface area contributed by atoms with Crippen LogP contribution in [-0.4, -0.2) is 132 Å². The highest BCUT2D eigenvalue weighted by atomic mass is 16.4. The molecule has 0 aliphatic heterocycles. The number of aliphatic hydroxyl groups excluding tert-OH is 3. The maximum Gasteiger partial charge on any atom is 0.328 e. The number of H-pyrrole nitrogens is 2. The number of imidazole rings is 2. The van der Waals surface area contributed by atoms with Gasteiger partial charge in [-0.2, -0.15) is 0 Å². The minimum absolute atomic E-state index is 0.0303. The van der Waals surface area contributed by atoms with Gasteiger partial charge in [-0.05, 0) is 6.92 Å². The number of nitrogens with zero attached hydrogens (tertiary/aromatic N) is 2. The van der Waals surface area contributed by atoms with Crippen LogP contribution in [0.15, 0.2) is 25.0 Å². The van der Waals surface area contributed by atoms with E-state index in [1.54, 1.807) is 0 Å². The van der Waals surface area contributed by atoms with Crippen LogP contribution in [0.5, 0.6) is 0 Å². The summed E-state index contributed by atoms with van der Waals surface area (Å²) in [5.74, 6) is -6.22. The number of carbonyl (C=O) groups is 6. The molecule has 2 rings (SSSR count). The monoisotopic (exact) mass is 624 g/mol. The lowest BCUT2D eigenvalue weighted by Gasteiger charge is -2.24. The van der Waals surface area contributed by atoms with Crippen LogP contribution in [0.2, 0.25) is 0 Å². The third-order valence-electron chi connectivity index (χ3n) is 6.10. The standard InChI is InChI=1S/C24H36N10O10/c1-11(19(38)31-15(3-13-5-27-10-29-13)21(40)34-18(8-37)24(43)44)30-22(41)16(6-35)33-23(42)17(7-36)32-20(39)14(25)2-12-4-26-9-28-12/h4-5,9-11,14-18,35-37H,2-3,6-8,25H2,1H3,(H,26,28)(H,27,29)(H,30,41)(H,31,38)(H,32,39)(H,33,42)(H,34,40)(H,43,44)/t11-,14-,15-,16-,17-,18-/m0/s1. The molecule has 0 spiro atoms. The van der Waals surface area contributed by atoms with E-state index in [-0.39, 0.29) is 12.8 Å². The average Bonchev–Trinajstić information content (AvgIpc) is 3.70. The second-order valence-corrected chi connectivity index (χ2v) is 9.50. The molecule has 0 saturated heterocycles. The molecule has 0 aromatic carbocycles. The number of aromatic nitrogens is 4. The van der Waals surface area contributed by atoms with Crippen molar-refractivity contribution >= 4 is 35.5 Å². The Morgan fingerprint density at radius 2 is 1.11 bits per heavy atom. The minimum Gasteiger partial charge on any atom is -0.480 e. The Hall–Kier alpha value is -4.92. The summed E-state index contributed by atoms with van der Waals surface area (Å²) in [6.07, 6.45) is 5.50. The number of amides is 5. The van der Waals surface area contributed by atoms with E-state index in [0.29, 0.717) is 11.4 Å². The zero-order valence-corrected chi connectivity index (χ0v) is 23.5. The number of nitrogens with two attached hydrogens (primary N) is 1. The van der Waals surface area contributed by atoms with Crippen LogP contribution in [0.1, 0.15) is 18.3 Å². The van der Waals surface area contributed by atoms with Crippen LogP contribution < -0.4 is 32.3 Å². The van der Waals surface area contributed by atoms with Crippen molar-refractivity contribution in [1.29, 1.82) is 0 Å². The minimum atomic E-state index is -1.65. The van der Waals surface area contributed by atoms with Crippen LogP contribution in [0, 0.1) is 0 Å². The lowest BCUT2D eigenvalue weighted by Crippen LogP contribution is -2.60. The number of aromatic amines is 2. The van der Waals surface area contributed by atoms with Gasteiger partial charge in [0.05, 0.1) is 49.9 Å². The van der Waals surface area contributed by atoms with Crippen LogP contribution >= 0.6 is 0 Å². The molecule has 2 aromatic rings. The molecule has 0 fully saturated rings. The molecule has 0 aliphatic carbocycles. The van der Waals surface area contributed by atoms with Crippen molar-refractivity contribution in [3.8, 4) is 0 Å². The zero-order chi connectivity index (χ0) is 32.8. The Balaban J connectivity index is 1.99. The van der Waals surface area contributed by atoms with E-state index in [9.17, 15) is 44.1 Å². The number of carbonyl (C=O) groups excluding carboxylic acids is 5. The summed E-state index contributed by atoms with van der Waals surface area (Å²) >= 11 is 0. The molecule has 13 N–H and O–H groups in total. The maximum absolute atomic E-state index is 12.8. The van der Waals surface area contributed by atoms with Crippen LogP contribution in [-0.2, 0) is 41.6 Å². The van der Waals surface area contributed by atoms with Crippen molar-refractivity contribution in [3.63, 3.8) is 0 Å². The summed E-state index contributed by atoms with van der Waals surface area (Å²) in [6.45, 7) is -1.48. The van der Waals surface area contributed by atoms with Gasteiger partial charge in [0.15, 0.2) is 0 Å². The molecule has 20 heteroatoms. The Bertz CT molecular complexity index is 1260. The van der Waals surface area contributed by atoms with Gasteiger partial charge >= 0.3 is 5.97 Å². The van der Waals surface area contributed by atoms with Gasteiger partial charge in [-0.3, -0.25) is 24.0 Å². The summed E-state index contributed by atoms with van der Waals surface area (Å²) in [6, 6.07) is -8.64. The van der Waals surface area contributed by atoms with Gasteiger partial charge in [0.1, 0.15) is 30.2 Å². The number of aliphatic hydroxyl groups is 3. The molecule has 44 heavy (non-hydrogen) atoms. The number of carboxylic acid groups (broad SMARTS) is 1. The maximum atomic E-state index is 12.8. The number of carboxylic acids is 1. The van der Waals surface area contributed by atoms with Crippen LogP contribution in [0.4, 0.5) is 0 Å². The first kappa shape index (κ1) is 35.3. The fourth-order valence-electron chi connectivity index (χ4n) is 3.61. The number of rotatable bonds is 18. The van der Waals surface area contributed by atoms with Crippen molar-refractivity contribution in [3.05, 3.63) is 36.4 Å². The van der Waals surface area contributed by atoms with E-state index in [1.807, 2.05) is 0 Å². The molecule has 0 unspecified atom stereocenters. The second-order valence-electron chi connectivity index (χ2n) is 9.50. The molecule has 242 valence electrons. The Morgan fingerprint density at radius 3 is 1.59 bits per heavy atom. The van der Waals surface area contributed by atoms with Gasteiger partial charge in [-0.1, -0.05) is 0 Å². The first-order valence-electron chi connectivity index (χ1n) is 13.2. The van der Waals surface area contributed by atoms with E-state index in [1.165, 1.54) is 32.0 Å². The number of hydrogen-bond acceptors (Lipinski definition) is 12. The fourth-order valence-corrected chi connectivity index (χ4v) is 3.61. The van der Waals surface area contributed by atoms with E-state index in [0.717, 1.165) is 0 Å². The summed E-state index contributed by atoms with van der Waals surface area (Å²) in [5, 5.41) is 48.7. The Kier molecular flexibility index (Phi) is 13.8. The van der Waals surface area contributed by atoms with Gasteiger partial charge in [0, 0.05) is 25.2 Å². The van der Waals surface area contributed by atoms with Gasteiger partial charge in [0.2, 0.25) is 29.5 Å². The van der Waals surface area contributed by atoms with E-state index < -0.39 is 91.6 Å². The zero-order valence-electron chi connectivity index (χ0n) is 23.5. The van der Waals surface area contributed by atoms with Crippen molar-refractivity contribution in [2.24, 2.45) is 5.73 Å². The first-order valence-corrected chi connectivity index (χ1v) is 13.2. The van der Waals surface area contributed by atoms with Gasteiger partial charge in [-0.15, -0.1) is 0 Å². The third-order valence-corrected chi connectivity index (χ3v) is 6.10. The van der Waals surface area contributed by atoms with Gasteiger partial charge in [0.25, 0.3) is 0 Å². The predicted octanol–water partition coefficient (Wildman–Crippen LogP) is -6.25. The van der Waals surface area contributed by atoms with Crippen molar-refractivity contribution < 1.29 is 49.2 Å². The molecule has 2 heterocycles. The highest BCUT2D eigenvalue weighted by Crippen LogP contribution is 2.02. The van der Waals surface area contributed by atoms with Crippen LogP contribution in [0.25, 0.3) is 0 Å². The molecule has 0 aliphatic rings. The molecule has 2 aromatic heterocycles. The normalized spacial score (nSPS) is 15.0. The topological polar surface area (TPSA) is 327 Å². The SMILES string of the molecule is C[C@H](NC(=O)[C@H](CO)NC(=O)[C@H](CO)NC(=O)[C@@H](N)Cc1c[nH]cn1)C(=O)N[C@@H](Cc1c[nH]cn1)C(=O)N[C@@H](CO)C(=O)O. The smallest absolute Gasteiger partial charge is 0.328 e. The highest BCUT2D eigenvalue weighted by Gasteiger charge is 2.31. The first-order chi connectivity index (χ1) is 20.9. The van der Waals surface area contributed by atoms with Crippen molar-refractivity contribution in [2.45, 2.75) is 56.0 Å². The van der Waals surface area contributed by atoms with Crippen LogP contribution in [0.3, 0.4) is 0 Å². The molecular formula is C24H36N10O10. The molecule has 0 saturated carbocycles. The van der Waals surface area contributed by atoms with E-state index in [2.05, 4.69) is 46.5 Å². The average molecular weight is 625 g/mol. The number of hydrogen-bond donors (Lipinski definition) is 12. The second kappa shape index (κ2) is 17.3. The van der Waals surface area contributed by atoms with E-state index in [4.69, 9.17) is 10.8 Å². The summed E-state index contributed by atoms with van der Waals surface area (Å²) in [7, 11) is 0. The quantitative estimate of drug-likeness (QED) is 0.0735. The third kappa shape index (κ3) is 10.7. The lowest BCUT2D eigenvalue weighted by atomic mass is 10.1. The molecule has 20 nitrogen and oxygen atoms in total. The largest absolute Gasteiger partial charge is 0.480 e. The van der Waals surface area contributed by atoms with Crippen molar-refractivity contribution in [1.82, 2.24) is 46.5 Å². The summed E-state index contributed by atoms with van der Waals surface area (Å²) in [4.78, 5) is 87.8. The van der Waals surface area contributed by atoms with Crippen molar-refractivity contribution in [2.75, 3.05) is 19.8 Å². The predicted molar refractivity (Wildman–Crippen MR) is 147 cm³/mol.